The zero-order chi connectivity index (χ0) is 18.3. The van der Waals surface area contributed by atoms with E-state index in [-0.39, 0.29) is 18.5 Å². The van der Waals surface area contributed by atoms with Gasteiger partial charge in [0.25, 0.3) is 0 Å². The lowest BCUT2D eigenvalue weighted by atomic mass is 10.1. The summed E-state index contributed by atoms with van der Waals surface area (Å²) in [4.78, 5) is 19.7. The number of aromatic nitrogens is 3. The highest BCUT2D eigenvalue weighted by Crippen LogP contribution is 2.31. The van der Waals surface area contributed by atoms with Gasteiger partial charge in [0, 0.05) is 30.2 Å². The number of carbonyl (C=O) groups excluding carboxylic acids is 1. The molecule has 0 atom stereocenters. The molecule has 1 N–H and O–H groups in total. The largest absolute Gasteiger partial charge is 0.433 e. The number of nitrogens with zero attached hydrogens (tertiary/aromatic N) is 3. The maximum absolute atomic E-state index is 12.9. The van der Waals surface area contributed by atoms with Crippen LogP contribution in [0.4, 0.5) is 13.2 Å². The van der Waals surface area contributed by atoms with Gasteiger partial charge < -0.3 is 9.88 Å². The predicted molar refractivity (Wildman–Crippen MR) is 89.1 cm³/mol. The van der Waals surface area contributed by atoms with Gasteiger partial charge in [-0.2, -0.15) is 13.2 Å². The SMILES string of the molecule is O=C(Cn1ccc2ncc(-c3ccnc(C(F)(F)F)c3)cc21)NC1CC1. The summed E-state index contributed by atoms with van der Waals surface area (Å²) in [7, 11) is 0. The minimum Gasteiger partial charge on any atom is -0.352 e. The fraction of sp³-hybridized carbons (Fsp3) is 0.278. The molecule has 3 heterocycles. The van der Waals surface area contributed by atoms with Gasteiger partial charge in [0.2, 0.25) is 5.91 Å². The van der Waals surface area contributed by atoms with Crippen LogP contribution in [0.3, 0.4) is 0 Å². The van der Waals surface area contributed by atoms with Gasteiger partial charge in [-0.25, -0.2) is 0 Å². The molecule has 134 valence electrons. The van der Waals surface area contributed by atoms with E-state index in [9.17, 15) is 18.0 Å². The highest BCUT2D eigenvalue weighted by atomic mass is 19.4. The molecule has 0 spiro atoms. The van der Waals surface area contributed by atoms with Crippen molar-refractivity contribution in [1.82, 2.24) is 19.9 Å². The minimum absolute atomic E-state index is 0.0846. The smallest absolute Gasteiger partial charge is 0.352 e. The van der Waals surface area contributed by atoms with Crippen molar-refractivity contribution in [1.29, 1.82) is 0 Å². The van der Waals surface area contributed by atoms with E-state index in [1.807, 2.05) is 0 Å². The molecule has 0 aromatic carbocycles. The zero-order valence-corrected chi connectivity index (χ0v) is 13.6. The summed E-state index contributed by atoms with van der Waals surface area (Å²) in [6.45, 7) is 0.148. The summed E-state index contributed by atoms with van der Waals surface area (Å²) in [5.41, 5.74) is 1.33. The zero-order valence-electron chi connectivity index (χ0n) is 13.6. The molecule has 26 heavy (non-hydrogen) atoms. The van der Waals surface area contributed by atoms with Gasteiger partial charge in [-0.05, 0) is 42.7 Å². The number of amides is 1. The van der Waals surface area contributed by atoms with Crippen LogP contribution in [0, 0.1) is 0 Å². The summed E-state index contributed by atoms with van der Waals surface area (Å²) >= 11 is 0. The molecule has 5 nitrogen and oxygen atoms in total. The number of fused-ring (bicyclic) bond motifs is 1. The standard InChI is InChI=1S/C18H15F3N4O/c19-18(20,21)16-8-11(3-5-22-16)12-7-15-14(23-9-12)4-6-25(15)10-17(26)24-13-1-2-13/h3-9,13H,1-2,10H2,(H,24,26). The van der Waals surface area contributed by atoms with E-state index in [4.69, 9.17) is 0 Å². The number of pyridine rings is 2. The van der Waals surface area contributed by atoms with Gasteiger partial charge in [-0.15, -0.1) is 0 Å². The van der Waals surface area contributed by atoms with Crippen LogP contribution in [0.2, 0.25) is 0 Å². The Kier molecular flexibility index (Phi) is 3.90. The first-order valence-corrected chi connectivity index (χ1v) is 8.18. The normalized spacial score (nSPS) is 14.6. The Morgan fingerprint density at radius 3 is 2.73 bits per heavy atom. The Bertz CT molecular complexity index is 976. The lowest BCUT2D eigenvalue weighted by Crippen LogP contribution is -2.29. The van der Waals surface area contributed by atoms with Gasteiger partial charge in [-0.3, -0.25) is 14.8 Å². The number of alkyl halides is 3. The Hall–Kier alpha value is -2.90. The maximum Gasteiger partial charge on any atom is 0.433 e. The molecular weight excluding hydrogens is 345 g/mol. The van der Waals surface area contributed by atoms with E-state index in [0.29, 0.717) is 22.2 Å². The fourth-order valence-electron chi connectivity index (χ4n) is 2.78. The molecule has 1 aliphatic rings. The first-order chi connectivity index (χ1) is 12.4. The highest BCUT2D eigenvalue weighted by Gasteiger charge is 2.32. The highest BCUT2D eigenvalue weighted by molar-refractivity contribution is 5.84. The second-order valence-electron chi connectivity index (χ2n) is 6.34. The third-order valence-corrected chi connectivity index (χ3v) is 4.26. The van der Waals surface area contributed by atoms with Gasteiger partial charge in [0.15, 0.2) is 0 Å². The van der Waals surface area contributed by atoms with Crippen LogP contribution in [-0.4, -0.2) is 26.5 Å². The molecule has 1 fully saturated rings. The van der Waals surface area contributed by atoms with E-state index in [1.165, 1.54) is 12.3 Å². The minimum atomic E-state index is -4.51. The van der Waals surface area contributed by atoms with Crippen molar-refractivity contribution < 1.29 is 18.0 Å². The third kappa shape index (κ3) is 3.40. The summed E-state index contributed by atoms with van der Waals surface area (Å²) in [5, 5.41) is 2.91. The molecule has 1 saturated carbocycles. The van der Waals surface area contributed by atoms with Crippen LogP contribution in [0.1, 0.15) is 18.5 Å². The Labute approximate surface area is 146 Å². The summed E-state index contributed by atoms with van der Waals surface area (Å²) in [6, 6.07) is 6.29. The molecule has 8 heteroatoms. The monoisotopic (exact) mass is 360 g/mol. The number of rotatable bonds is 4. The van der Waals surface area contributed by atoms with Crippen molar-refractivity contribution in [2.75, 3.05) is 0 Å². The Balaban J connectivity index is 1.66. The van der Waals surface area contributed by atoms with Crippen LogP contribution in [-0.2, 0) is 17.5 Å². The average molecular weight is 360 g/mol. The maximum atomic E-state index is 12.9. The van der Waals surface area contributed by atoms with Crippen molar-refractivity contribution in [3.63, 3.8) is 0 Å². The lowest BCUT2D eigenvalue weighted by molar-refractivity contribution is -0.141. The molecule has 1 amide bonds. The number of hydrogen-bond donors (Lipinski definition) is 1. The third-order valence-electron chi connectivity index (χ3n) is 4.26. The first kappa shape index (κ1) is 16.6. The molecule has 4 rings (SSSR count). The second kappa shape index (κ2) is 6.12. The number of hydrogen-bond acceptors (Lipinski definition) is 3. The van der Waals surface area contributed by atoms with Gasteiger partial charge in [0.1, 0.15) is 12.2 Å². The van der Waals surface area contributed by atoms with E-state index in [0.717, 1.165) is 25.1 Å². The van der Waals surface area contributed by atoms with Gasteiger partial charge in [-0.1, -0.05) is 0 Å². The van der Waals surface area contributed by atoms with Crippen molar-refractivity contribution in [3.05, 3.63) is 48.5 Å². The molecule has 0 radical (unpaired) electrons. The van der Waals surface area contributed by atoms with Crippen LogP contribution in [0.15, 0.2) is 42.9 Å². The van der Waals surface area contributed by atoms with Crippen LogP contribution < -0.4 is 5.32 Å². The Morgan fingerprint density at radius 2 is 2.00 bits per heavy atom. The molecule has 3 aromatic heterocycles. The molecule has 1 aliphatic carbocycles. The van der Waals surface area contributed by atoms with Gasteiger partial charge >= 0.3 is 6.18 Å². The van der Waals surface area contributed by atoms with Crippen LogP contribution in [0.25, 0.3) is 22.2 Å². The van der Waals surface area contributed by atoms with Crippen LogP contribution >= 0.6 is 0 Å². The second-order valence-corrected chi connectivity index (χ2v) is 6.34. The Morgan fingerprint density at radius 1 is 1.19 bits per heavy atom. The van der Waals surface area contributed by atoms with Crippen LogP contribution in [0.5, 0.6) is 0 Å². The number of nitrogens with one attached hydrogen (secondary N) is 1. The average Bonchev–Trinajstić information content (AvgIpc) is 3.33. The van der Waals surface area contributed by atoms with E-state index < -0.39 is 11.9 Å². The van der Waals surface area contributed by atoms with E-state index in [2.05, 4.69) is 15.3 Å². The summed E-state index contributed by atoms with van der Waals surface area (Å²) < 4.78 is 40.4. The molecule has 0 aliphatic heterocycles. The molecular formula is C18H15F3N4O. The molecule has 0 bridgehead atoms. The predicted octanol–water partition coefficient (Wildman–Crippen LogP) is 3.40. The van der Waals surface area contributed by atoms with E-state index >= 15 is 0 Å². The topological polar surface area (TPSA) is 59.8 Å². The number of halogens is 3. The molecule has 0 unspecified atom stereocenters. The molecule has 0 saturated heterocycles. The summed E-state index contributed by atoms with van der Waals surface area (Å²) in [6.07, 6.45) is 1.91. The number of carbonyl (C=O) groups is 1. The summed E-state index contributed by atoms with van der Waals surface area (Å²) in [5.74, 6) is -0.0846. The van der Waals surface area contributed by atoms with Gasteiger partial charge in [0.05, 0.1) is 11.0 Å². The lowest BCUT2D eigenvalue weighted by Gasteiger charge is -2.09. The van der Waals surface area contributed by atoms with Crippen molar-refractivity contribution in [2.24, 2.45) is 0 Å². The van der Waals surface area contributed by atoms with Crippen molar-refractivity contribution in [2.45, 2.75) is 31.6 Å². The molecule has 3 aromatic rings. The quantitative estimate of drug-likeness (QED) is 0.776. The first-order valence-electron chi connectivity index (χ1n) is 8.18. The fourth-order valence-corrected chi connectivity index (χ4v) is 2.78. The van der Waals surface area contributed by atoms with Crippen molar-refractivity contribution in [3.8, 4) is 11.1 Å². The van der Waals surface area contributed by atoms with Crippen molar-refractivity contribution >= 4 is 16.9 Å². The van der Waals surface area contributed by atoms with E-state index in [1.54, 1.807) is 22.9 Å².